The smallest absolute Gasteiger partial charge is 0.355 e. The first kappa shape index (κ1) is 10.4. The van der Waals surface area contributed by atoms with Crippen LogP contribution in [0.5, 0.6) is 0 Å². The van der Waals surface area contributed by atoms with Crippen LogP contribution in [0.25, 0.3) is 21.8 Å². The fraction of sp³-hybridized carbons (Fsp3) is 0. The highest BCUT2D eigenvalue weighted by Crippen LogP contribution is 2.22. The summed E-state index contributed by atoms with van der Waals surface area (Å²) in [6, 6.07) is 6.66. The van der Waals surface area contributed by atoms with Crippen LogP contribution in [0, 0.1) is 0 Å². The van der Waals surface area contributed by atoms with Crippen LogP contribution in [0.2, 0.25) is 0 Å². The Balaban J connectivity index is 2.82. The minimum absolute atomic E-state index is 0.0996. The zero-order valence-corrected chi connectivity index (χ0v) is 8.93. The first-order chi connectivity index (χ1) is 8.59. The minimum Gasteiger partial charge on any atom is -0.476 e. The molecule has 0 aliphatic carbocycles. The predicted octanol–water partition coefficient (Wildman–Crippen LogP) is 0.572. The van der Waals surface area contributed by atoms with E-state index in [0.29, 0.717) is 10.8 Å². The van der Waals surface area contributed by atoms with Crippen LogP contribution < -0.4 is 11.0 Å². The number of aromatic amines is 1. The number of carbonyl (C=O) groups is 1. The van der Waals surface area contributed by atoms with Crippen LogP contribution in [0.1, 0.15) is 10.5 Å². The molecule has 6 heteroatoms. The van der Waals surface area contributed by atoms with Gasteiger partial charge in [0.1, 0.15) is 5.65 Å². The van der Waals surface area contributed by atoms with E-state index < -0.39 is 22.7 Å². The summed E-state index contributed by atoms with van der Waals surface area (Å²) in [4.78, 5) is 40.7. The molecule has 4 aromatic rings. The van der Waals surface area contributed by atoms with Crippen LogP contribution in [0.15, 0.2) is 33.9 Å². The molecule has 0 saturated heterocycles. The molecule has 4 rings (SSSR count). The first-order valence-electron chi connectivity index (χ1n) is 5.11. The van der Waals surface area contributed by atoms with E-state index in [2.05, 4.69) is 9.97 Å². The van der Waals surface area contributed by atoms with Crippen molar-refractivity contribution in [1.82, 2.24) is 9.97 Å². The van der Waals surface area contributed by atoms with Crippen LogP contribution in [-0.4, -0.2) is 21.0 Å². The second-order valence-corrected chi connectivity index (χ2v) is 3.82. The molecule has 88 valence electrons. The van der Waals surface area contributed by atoms with Crippen molar-refractivity contribution >= 4 is 27.8 Å². The zero-order valence-electron chi connectivity index (χ0n) is 8.93. The number of carboxylic acids is 1. The monoisotopic (exact) mass is 242 g/mol. The highest BCUT2D eigenvalue weighted by Gasteiger charge is 2.18. The van der Waals surface area contributed by atoms with Gasteiger partial charge in [0.25, 0.3) is 11.0 Å². The maximum atomic E-state index is 11.9. The van der Waals surface area contributed by atoms with Gasteiger partial charge in [0, 0.05) is 5.39 Å². The SMILES string of the molecule is O=C(O)c1nc2[nH]c(=O)c(=O)c1c1ccccc21. The Hall–Kier alpha value is -2.76. The number of H-pyrrole nitrogens is 1. The van der Waals surface area contributed by atoms with Gasteiger partial charge in [-0.2, -0.15) is 0 Å². The maximum Gasteiger partial charge on any atom is 0.355 e. The molecule has 0 spiro atoms. The third kappa shape index (κ3) is 1.22. The number of nitrogens with zero attached hydrogens (tertiary/aromatic N) is 1. The number of nitrogens with one attached hydrogen (secondary N) is 1. The van der Waals surface area contributed by atoms with Gasteiger partial charge in [-0.25, -0.2) is 9.78 Å². The molecule has 2 N–H and O–H groups in total. The van der Waals surface area contributed by atoms with Crippen molar-refractivity contribution in [2.45, 2.75) is 0 Å². The molecule has 0 atom stereocenters. The van der Waals surface area contributed by atoms with Gasteiger partial charge in [-0.3, -0.25) is 9.59 Å². The van der Waals surface area contributed by atoms with Gasteiger partial charge in [0.05, 0.1) is 5.39 Å². The number of pyridine rings is 1. The molecule has 0 amide bonds. The highest BCUT2D eigenvalue weighted by molar-refractivity contribution is 6.12. The molecule has 1 aromatic carbocycles. The number of hydrogen-bond donors (Lipinski definition) is 2. The van der Waals surface area contributed by atoms with Crippen molar-refractivity contribution in [3.05, 3.63) is 50.5 Å². The van der Waals surface area contributed by atoms with E-state index in [1.54, 1.807) is 24.3 Å². The number of aromatic nitrogens is 2. The summed E-state index contributed by atoms with van der Waals surface area (Å²) < 4.78 is 0. The molecule has 0 aliphatic heterocycles. The Morgan fingerprint density at radius 3 is 2.50 bits per heavy atom. The van der Waals surface area contributed by atoms with Crippen LogP contribution in [0.4, 0.5) is 0 Å². The lowest BCUT2D eigenvalue weighted by Gasteiger charge is -2.01. The first-order valence-corrected chi connectivity index (χ1v) is 5.11. The fourth-order valence-electron chi connectivity index (χ4n) is 2.02. The van der Waals surface area contributed by atoms with Crippen molar-refractivity contribution in [2.24, 2.45) is 0 Å². The predicted molar refractivity (Wildman–Crippen MR) is 64.3 cm³/mol. The molecule has 18 heavy (non-hydrogen) atoms. The van der Waals surface area contributed by atoms with Crippen molar-refractivity contribution in [2.75, 3.05) is 0 Å². The second kappa shape index (κ2) is 3.36. The largest absolute Gasteiger partial charge is 0.476 e. The average molecular weight is 242 g/mol. The summed E-state index contributed by atoms with van der Waals surface area (Å²) in [5, 5.41) is 9.88. The van der Waals surface area contributed by atoms with E-state index >= 15 is 0 Å². The highest BCUT2D eigenvalue weighted by atomic mass is 16.4. The second-order valence-electron chi connectivity index (χ2n) is 3.82. The van der Waals surface area contributed by atoms with Gasteiger partial charge in [0.2, 0.25) is 0 Å². The topological polar surface area (TPSA) is 100 Å². The number of rotatable bonds is 1. The third-order valence-corrected chi connectivity index (χ3v) is 2.78. The summed E-state index contributed by atoms with van der Waals surface area (Å²) in [7, 11) is 0. The van der Waals surface area contributed by atoms with E-state index in [1.807, 2.05) is 0 Å². The van der Waals surface area contributed by atoms with E-state index in [-0.39, 0.29) is 11.0 Å². The Bertz CT molecular complexity index is 898. The van der Waals surface area contributed by atoms with E-state index in [4.69, 9.17) is 5.11 Å². The van der Waals surface area contributed by atoms with Crippen LogP contribution in [-0.2, 0) is 0 Å². The van der Waals surface area contributed by atoms with Gasteiger partial charge >= 0.3 is 5.97 Å². The number of carboxylic acid groups (broad SMARTS) is 1. The number of fused-ring (bicyclic) bond motifs is 3. The maximum absolute atomic E-state index is 11.9. The van der Waals surface area contributed by atoms with E-state index in [9.17, 15) is 14.4 Å². The van der Waals surface area contributed by atoms with Crippen molar-refractivity contribution in [1.29, 1.82) is 0 Å². The van der Waals surface area contributed by atoms with Crippen LogP contribution in [0.3, 0.4) is 0 Å². The van der Waals surface area contributed by atoms with Gasteiger partial charge in [-0.05, 0) is 5.39 Å². The summed E-state index contributed by atoms with van der Waals surface area (Å²) in [6.07, 6.45) is 0. The average Bonchev–Trinajstić information content (AvgIpc) is 2.54. The van der Waals surface area contributed by atoms with Gasteiger partial charge in [-0.1, -0.05) is 24.3 Å². The molecular weight excluding hydrogens is 236 g/mol. The van der Waals surface area contributed by atoms with Gasteiger partial charge in [0.15, 0.2) is 5.69 Å². The lowest BCUT2D eigenvalue weighted by atomic mass is 10.1. The lowest BCUT2D eigenvalue weighted by Crippen LogP contribution is -2.23. The Kier molecular flexibility index (Phi) is 1.94. The minimum atomic E-state index is -1.33. The van der Waals surface area contributed by atoms with E-state index in [1.165, 1.54) is 0 Å². The Morgan fingerprint density at radius 2 is 1.83 bits per heavy atom. The molecule has 3 heterocycles. The summed E-state index contributed by atoms with van der Waals surface area (Å²) in [5.41, 5.74) is -2.04. The molecule has 3 aromatic heterocycles. The van der Waals surface area contributed by atoms with Crippen molar-refractivity contribution in [3.63, 3.8) is 0 Å². The Labute approximate surface area is 98.9 Å². The molecule has 0 radical (unpaired) electrons. The quantitative estimate of drug-likeness (QED) is 0.607. The Morgan fingerprint density at radius 1 is 1.17 bits per heavy atom. The van der Waals surface area contributed by atoms with Crippen molar-refractivity contribution in [3.8, 4) is 0 Å². The molecule has 0 fully saturated rings. The third-order valence-electron chi connectivity index (χ3n) is 2.78. The lowest BCUT2D eigenvalue weighted by molar-refractivity contribution is 0.0693. The molecule has 0 saturated carbocycles. The van der Waals surface area contributed by atoms with Gasteiger partial charge in [-0.15, -0.1) is 0 Å². The number of hydrogen-bond acceptors (Lipinski definition) is 4. The molecule has 2 bridgehead atoms. The molecular formula is C12H6N2O4. The van der Waals surface area contributed by atoms with Crippen molar-refractivity contribution < 1.29 is 9.90 Å². The molecule has 0 aliphatic rings. The van der Waals surface area contributed by atoms with Crippen LogP contribution >= 0.6 is 0 Å². The molecule has 6 nitrogen and oxygen atoms in total. The van der Waals surface area contributed by atoms with Gasteiger partial charge < -0.3 is 10.1 Å². The standard InChI is InChI=1S/C12H6N2O4/c15-9-7-5-3-1-2-4-6(5)10(14-11(9)16)13-8(7)12(17)18/h1-4H,(H,17,18)(H,13,14,15,16). The number of benzene rings is 1. The summed E-state index contributed by atoms with van der Waals surface area (Å²) in [6.45, 7) is 0. The summed E-state index contributed by atoms with van der Waals surface area (Å²) >= 11 is 0. The van der Waals surface area contributed by atoms with E-state index in [0.717, 1.165) is 0 Å². The normalized spacial score (nSPS) is 11.1. The number of aromatic carboxylic acids is 1. The summed E-state index contributed by atoms with van der Waals surface area (Å²) in [5.74, 6) is -1.33. The zero-order chi connectivity index (χ0) is 12.9. The fourth-order valence-corrected chi connectivity index (χ4v) is 2.02. The molecule has 0 unspecified atom stereocenters.